The van der Waals surface area contributed by atoms with Crippen LogP contribution in [0, 0.1) is 0 Å². The molecule has 0 aromatic carbocycles. The Morgan fingerprint density at radius 3 is 2.61 bits per heavy atom. The van der Waals surface area contributed by atoms with Crippen molar-refractivity contribution in [3.8, 4) is 0 Å². The van der Waals surface area contributed by atoms with E-state index in [1.165, 1.54) is 6.42 Å². The Bertz CT molecular complexity index is 313. The Kier molecular flexibility index (Phi) is 4.58. The molecule has 5 nitrogen and oxygen atoms in total. The van der Waals surface area contributed by atoms with Gasteiger partial charge in [0.05, 0.1) is 0 Å². The van der Waals surface area contributed by atoms with Gasteiger partial charge in [-0.3, -0.25) is 4.79 Å². The molecule has 0 bridgehead atoms. The molecule has 2 fully saturated rings. The summed E-state index contributed by atoms with van der Waals surface area (Å²) in [5.74, 6) is -0.860. The van der Waals surface area contributed by atoms with E-state index in [1.807, 2.05) is 0 Å². The Balaban J connectivity index is 1.91. The summed E-state index contributed by atoms with van der Waals surface area (Å²) < 4.78 is 0. The predicted molar refractivity (Wildman–Crippen MR) is 67.2 cm³/mol. The van der Waals surface area contributed by atoms with E-state index in [1.54, 1.807) is 4.90 Å². The second-order valence-corrected chi connectivity index (χ2v) is 5.29. The molecular weight excluding hydrogens is 232 g/mol. The number of rotatable bonds is 3. The smallest absolute Gasteiger partial charge is 0.326 e. The zero-order valence-corrected chi connectivity index (χ0v) is 10.7. The number of carbonyl (C=O) groups excluding carboxylic acids is 1. The van der Waals surface area contributed by atoms with Crippen molar-refractivity contribution in [3.05, 3.63) is 0 Å². The van der Waals surface area contributed by atoms with E-state index >= 15 is 0 Å². The van der Waals surface area contributed by atoms with Crippen molar-refractivity contribution in [1.29, 1.82) is 0 Å². The fourth-order valence-corrected chi connectivity index (χ4v) is 2.91. The van der Waals surface area contributed by atoms with Gasteiger partial charge in [-0.05, 0) is 38.6 Å². The number of nitrogens with zero attached hydrogens (tertiary/aromatic N) is 1. The van der Waals surface area contributed by atoms with Gasteiger partial charge in [0.25, 0.3) is 0 Å². The Morgan fingerprint density at radius 1 is 1.17 bits per heavy atom. The molecule has 2 heterocycles. The quantitative estimate of drug-likeness (QED) is 0.788. The maximum Gasteiger partial charge on any atom is 0.326 e. The SMILES string of the molecule is O=C(O)[C@@H]1CCCCN1C(=O)CC1CCCCN1. The van der Waals surface area contributed by atoms with Crippen LogP contribution in [0.15, 0.2) is 0 Å². The maximum atomic E-state index is 12.2. The van der Waals surface area contributed by atoms with Crippen LogP contribution in [0.2, 0.25) is 0 Å². The summed E-state index contributed by atoms with van der Waals surface area (Å²) in [4.78, 5) is 24.9. The molecule has 18 heavy (non-hydrogen) atoms. The van der Waals surface area contributed by atoms with Crippen LogP contribution in [0.3, 0.4) is 0 Å². The number of aliphatic carboxylic acids is 1. The van der Waals surface area contributed by atoms with Crippen molar-refractivity contribution >= 4 is 11.9 Å². The monoisotopic (exact) mass is 254 g/mol. The van der Waals surface area contributed by atoms with Crippen LogP contribution in [0.4, 0.5) is 0 Å². The third-order valence-electron chi connectivity index (χ3n) is 3.94. The highest BCUT2D eigenvalue weighted by Crippen LogP contribution is 2.20. The first-order valence-electron chi connectivity index (χ1n) is 6.94. The molecule has 2 atom stereocenters. The lowest BCUT2D eigenvalue weighted by Crippen LogP contribution is -2.50. The van der Waals surface area contributed by atoms with Crippen LogP contribution in [0.5, 0.6) is 0 Å². The molecule has 1 unspecified atom stereocenters. The molecular formula is C13H22N2O3. The van der Waals surface area contributed by atoms with Gasteiger partial charge in [-0.15, -0.1) is 0 Å². The van der Waals surface area contributed by atoms with Gasteiger partial charge in [-0.25, -0.2) is 4.79 Å². The van der Waals surface area contributed by atoms with Gasteiger partial charge in [0.1, 0.15) is 6.04 Å². The molecule has 2 N–H and O–H groups in total. The highest BCUT2D eigenvalue weighted by Gasteiger charge is 2.32. The van der Waals surface area contributed by atoms with Crippen LogP contribution >= 0.6 is 0 Å². The number of likely N-dealkylation sites (tertiary alicyclic amines) is 1. The number of hydrogen-bond donors (Lipinski definition) is 2. The largest absolute Gasteiger partial charge is 0.480 e. The van der Waals surface area contributed by atoms with Crippen molar-refractivity contribution in [2.75, 3.05) is 13.1 Å². The van der Waals surface area contributed by atoms with Gasteiger partial charge in [0, 0.05) is 19.0 Å². The summed E-state index contributed by atoms with van der Waals surface area (Å²) in [6.45, 7) is 1.57. The van der Waals surface area contributed by atoms with E-state index in [0.717, 1.165) is 32.2 Å². The summed E-state index contributed by atoms with van der Waals surface area (Å²) in [5.41, 5.74) is 0. The Hall–Kier alpha value is -1.10. The fraction of sp³-hybridized carbons (Fsp3) is 0.846. The van der Waals surface area contributed by atoms with E-state index in [9.17, 15) is 9.59 Å². The average Bonchev–Trinajstić information content (AvgIpc) is 2.40. The first-order valence-corrected chi connectivity index (χ1v) is 6.94. The van der Waals surface area contributed by atoms with Gasteiger partial charge in [-0.1, -0.05) is 6.42 Å². The lowest BCUT2D eigenvalue weighted by molar-refractivity contribution is -0.152. The minimum absolute atomic E-state index is 0.00139. The summed E-state index contributed by atoms with van der Waals surface area (Å²) in [6.07, 6.45) is 6.23. The lowest BCUT2D eigenvalue weighted by Gasteiger charge is -2.34. The number of carboxylic acid groups (broad SMARTS) is 1. The number of carbonyl (C=O) groups is 2. The summed E-state index contributed by atoms with van der Waals surface area (Å²) in [6, 6.07) is -0.363. The van der Waals surface area contributed by atoms with Crippen LogP contribution in [-0.2, 0) is 9.59 Å². The zero-order chi connectivity index (χ0) is 13.0. The predicted octanol–water partition coefficient (Wildman–Crippen LogP) is 0.984. The molecule has 2 aliphatic rings. The number of nitrogens with one attached hydrogen (secondary N) is 1. The summed E-state index contributed by atoms with van der Waals surface area (Å²) in [5, 5.41) is 12.5. The van der Waals surface area contributed by atoms with Crippen molar-refractivity contribution in [3.63, 3.8) is 0 Å². The van der Waals surface area contributed by atoms with Gasteiger partial charge in [-0.2, -0.15) is 0 Å². The van der Waals surface area contributed by atoms with Crippen LogP contribution in [0.25, 0.3) is 0 Å². The van der Waals surface area contributed by atoms with Crippen molar-refractivity contribution in [1.82, 2.24) is 10.2 Å². The van der Waals surface area contributed by atoms with Gasteiger partial charge in [0.15, 0.2) is 0 Å². The third kappa shape index (κ3) is 3.22. The van der Waals surface area contributed by atoms with Crippen molar-refractivity contribution in [2.24, 2.45) is 0 Å². The van der Waals surface area contributed by atoms with E-state index in [-0.39, 0.29) is 11.9 Å². The molecule has 1 amide bonds. The lowest BCUT2D eigenvalue weighted by atomic mass is 9.98. The molecule has 0 radical (unpaired) electrons. The highest BCUT2D eigenvalue weighted by atomic mass is 16.4. The standard InChI is InChI=1S/C13H22N2O3/c16-12(9-10-5-1-3-7-14-10)15-8-4-2-6-11(15)13(17)18/h10-11,14H,1-9H2,(H,17,18)/t10?,11-/m0/s1. The molecule has 2 aliphatic heterocycles. The van der Waals surface area contributed by atoms with Gasteiger partial charge >= 0.3 is 5.97 Å². The number of amides is 1. The topological polar surface area (TPSA) is 69.6 Å². The van der Waals surface area contributed by atoms with Crippen LogP contribution in [0.1, 0.15) is 44.9 Å². The van der Waals surface area contributed by atoms with E-state index in [0.29, 0.717) is 19.4 Å². The zero-order valence-electron chi connectivity index (χ0n) is 10.7. The fourth-order valence-electron chi connectivity index (χ4n) is 2.91. The molecule has 2 saturated heterocycles. The van der Waals surface area contributed by atoms with Crippen molar-refractivity contribution in [2.45, 2.75) is 57.0 Å². The van der Waals surface area contributed by atoms with Gasteiger partial charge in [0.2, 0.25) is 5.91 Å². The van der Waals surface area contributed by atoms with Crippen LogP contribution < -0.4 is 5.32 Å². The molecule has 5 heteroatoms. The minimum atomic E-state index is -0.861. The molecule has 0 spiro atoms. The Morgan fingerprint density at radius 2 is 1.94 bits per heavy atom. The minimum Gasteiger partial charge on any atom is -0.480 e. The Labute approximate surface area is 108 Å². The molecule has 0 aliphatic carbocycles. The average molecular weight is 254 g/mol. The van der Waals surface area contributed by atoms with E-state index in [4.69, 9.17) is 5.11 Å². The third-order valence-corrected chi connectivity index (χ3v) is 3.94. The maximum absolute atomic E-state index is 12.2. The number of carboxylic acids is 1. The summed E-state index contributed by atoms with van der Waals surface area (Å²) >= 11 is 0. The molecule has 0 aromatic heterocycles. The normalized spacial score (nSPS) is 29.0. The van der Waals surface area contributed by atoms with Gasteiger partial charge < -0.3 is 15.3 Å². The molecule has 102 valence electrons. The number of hydrogen-bond acceptors (Lipinski definition) is 3. The first-order chi connectivity index (χ1) is 8.68. The van der Waals surface area contributed by atoms with E-state index in [2.05, 4.69) is 5.32 Å². The molecule has 2 rings (SSSR count). The highest BCUT2D eigenvalue weighted by molar-refractivity contribution is 5.84. The first kappa shape index (κ1) is 13.3. The van der Waals surface area contributed by atoms with Crippen molar-refractivity contribution < 1.29 is 14.7 Å². The van der Waals surface area contributed by atoms with E-state index < -0.39 is 12.0 Å². The number of piperidine rings is 2. The second-order valence-electron chi connectivity index (χ2n) is 5.29. The summed E-state index contributed by atoms with van der Waals surface area (Å²) in [7, 11) is 0. The van der Waals surface area contributed by atoms with Crippen LogP contribution in [-0.4, -0.2) is 47.1 Å². The molecule has 0 aromatic rings. The molecule has 0 saturated carbocycles. The second kappa shape index (κ2) is 6.18.